The number of carbonyl (C=O) groups is 3. The van der Waals surface area contributed by atoms with Crippen LogP contribution in [0.25, 0.3) is 0 Å². The highest BCUT2D eigenvalue weighted by molar-refractivity contribution is 5.71. The van der Waals surface area contributed by atoms with E-state index in [0.717, 1.165) is 70.6 Å². The van der Waals surface area contributed by atoms with Crippen LogP contribution in [0.1, 0.15) is 303 Å². The smallest absolute Gasteiger partial charge is 0.306 e. The quantitative estimate of drug-likeness (QED) is 0.0262. The summed E-state index contributed by atoms with van der Waals surface area (Å²) in [5.41, 5.74) is 0. The second-order valence-electron chi connectivity index (χ2n) is 18.8. The van der Waals surface area contributed by atoms with Gasteiger partial charge in [-0.3, -0.25) is 14.4 Å². The maximum atomic E-state index is 12.8. The molecule has 0 saturated carbocycles. The van der Waals surface area contributed by atoms with Crippen LogP contribution in [0.3, 0.4) is 0 Å². The molecule has 0 fully saturated rings. The summed E-state index contributed by atoms with van der Waals surface area (Å²) in [5, 5.41) is 0. The van der Waals surface area contributed by atoms with E-state index in [1.54, 1.807) is 0 Å². The third-order valence-corrected chi connectivity index (χ3v) is 12.4. The van der Waals surface area contributed by atoms with Crippen molar-refractivity contribution in [2.24, 2.45) is 0 Å². The molecule has 0 radical (unpaired) electrons. The van der Waals surface area contributed by atoms with Crippen LogP contribution in [-0.2, 0) is 28.6 Å². The summed E-state index contributed by atoms with van der Waals surface area (Å²) < 4.78 is 16.8. The minimum atomic E-state index is -0.774. The summed E-state index contributed by atoms with van der Waals surface area (Å²) in [7, 11) is 0. The van der Waals surface area contributed by atoms with Gasteiger partial charge in [0, 0.05) is 19.3 Å². The van der Waals surface area contributed by atoms with E-state index in [-0.39, 0.29) is 31.1 Å². The average molecular weight is 887 g/mol. The minimum absolute atomic E-state index is 0.0731. The molecule has 0 aliphatic heterocycles. The van der Waals surface area contributed by atoms with Crippen molar-refractivity contribution >= 4 is 17.9 Å². The van der Waals surface area contributed by atoms with Gasteiger partial charge in [-0.05, 0) is 70.6 Å². The zero-order valence-electron chi connectivity index (χ0n) is 42.4. The molecule has 0 heterocycles. The molecule has 0 rings (SSSR count). The average Bonchev–Trinajstić information content (AvgIpc) is 3.28. The van der Waals surface area contributed by atoms with E-state index in [0.29, 0.717) is 19.3 Å². The number of hydrogen-bond donors (Lipinski definition) is 0. The van der Waals surface area contributed by atoms with Crippen molar-refractivity contribution in [2.75, 3.05) is 13.2 Å². The summed E-state index contributed by atoms with van der Waals surface area (Å²) >= 11 is 0. The first kappa shape index (κ1) is 60.9. The molecule has 0 spiro atoms. The largest absolute Gasteiger partial charge is 0.462 e. The van der Waals surface area contributed by atoms with Crippen LogP contribution in [0.15, 0.2) is 24.3 Å². The first-order valence-electron chi connectivity index (χ1n) is 27.8. The first-order chi connectivity index (χ1) is 31.0. The lowest BCUT2D eigenvalue weighted by atomic mass is 10.0. The molecule has 0 bridgehead atoms. The molecule has 0 aliphatic carbocycles. The lowest BCUT2D eigenvalue weighted by molar-refractivity contribution is -0.167. The molecule has 0 N–H and O–H groups in total. The monoisotopic (exact) mass is 887 g/mol. The second-order valence-corrected chi connectivity index (χ2v) is 18.8. The number of allylic oxidation sites excluding steroid dienone is 4. The van der Waals surface area contributed by atoms with E-state index in [2.05, 4.69) is 45.1 Å². The van der Waals surface area contributed by atoms with Crippen LogP contribution in [-0.4, -0.2) is 37.2 Å². The normalized spacial score (nSPS) is 12.1. The van der Waals surface area contributed by atoms with Crippen LogP contribution < -0.4 is 0 Å². The maximum Gasteiger partial charge on any atom is 0.306 e. The molecule has 0 saturated heterocycles. The minimum Gasteiger partial charge on any atom is -0.462 e. The number of hydrogen-bond acceptors (Lipinski definition) is 6. The van der Waals surface area contributed by atoms with Crippen molar-refractivity contribution in [3.8, 4) is 0 Å². The van der Waals surface area contributed by atoms with E-state index in [9.17, 15) is 14.4 Å². The second kappa shape index (κ2) is 52.5. The van der Waals surface area contributed by atoms with Gasteiger partial charge < -0.3 is 14.2 Å². The molecule has 0 aromatic carbocycles. The van der Waals surface area contributed by atoms with E-state index in [1.807, 2.05) is 0 Å². The fraction of sp³-hybridized carbons (Fsp3) is 0.877. The molecule has 0 aliphatic rings. The van der Waals surface area contributed by atoms with Crippen molar-refractivity contribution < 1.29 is 28.6 Å². The van der Waals surface area contributed by atoms with Gasteiger partial charge in [-0.2, -0.15) is 0 Å². The number of carbonyl (C=O) groups excluding carboxylic acids is 3. The zero-order valence-corrected chi connectivity index (χ0v) is 42.4. The van der Waals surface area contributed by atoms with Crippen LogP contribution in [0.4, 0.5) is 0 Å². The molecular formula is C57H106O6. The number of rotatable bonds is 51. The van der Waals surface area contributed by atoms with E-state index >= 15 is 0 Å². The predicted molar refractivity (Wildman–Crippen MR) is 270 cm³/mol. The Balaban J connectivity index is 4.33. The number of esters is 3. The highest BCUT2D eigenvalue weighted by Crippen LogP contribution is 2.16. The third-order valence-electron chi connectivity index (χ3n) is 12.4. The summed E-state index contributed by atoms with van der Waals surface area (Å²) in [6, 6.07) is 0. The molecule has 0 amide bonds. The molecule has 63 heavy (non-hydrogen) atoms. The van der Waals surface area contributed by atoms with Crippen molar-refractivity contribution in [3.05, 3.63) is 24.3 Å². The van der Waals surface area contributed by atoms with Gasteiger partial charge in [0.2, 0.25) is 0 Å². The third kappa shape index (κ3) is 50.7. The lowest BCUT2D eigenvalue weighted by Crippen LogP contribution is -2.30. The molecule has 1 atom stereocenters. The fourth-order valence-corrected chi connectivity index (χ4v) is 8.20. The van der Waals surface area contributed by atoms with Crippen LogP contribution >= 0.6 is 0 Å². The van der Waals surface area contributed by atoms with Crippen molar-refractivity contribution in [3.63, 3.8) is 0 Å². The Morgan fingerprint density at radius 3 is 0.825 bits per heavy atom. The van der Waals surface area contributed by atoms with E-state index in [4.69, 9.17) is 14.2 Å². The van der Waals surface area contributed by atoms with E-state index < -0.39 is 6.10 Å². The Morgan fingerprint density at radius 1 is 0.302 bits per heavy atom. The molecule has 6 heteroatoms. The van der Waals surface area contributed by atoms with Crippen LogP contribution in [0, 0.1) is 0 Å². The summed E-state index contributed by atoms with van der Waals surface area (Å²) in [6.07, 6.45) is 60.2. The van der Waals surface area contributed by atoms with Crippen molar-refractivity contribution in [1.82, 2.24) is 0 Å². The van der Waals surface area contributed by atoms with Crippen LogP contribution in [0.2, 0.25) is 0 Å². The molecule has 0 aromatic heterocycles. The summed E-state index contributed by atoms with van der Waals surface area (Å²) in [6.45, 7) is 6.64. The standard InChI is InChI=1S/C57H106O6/c1-4-7-10-13-16-19-22-25-27-29-31-32-35-38-41-44-47-50-56(59)62-53-54(52-61-55(58)49-46-43-40-37-34-24-21-18-15-12-9-6-3)63-57(60)51-48-45-42-39-36-33-30-28-26-23-20-17-14-11-8-5-2/h18,21,28,30,54H,4-17,19-20,22-27,29,31-53H2,1-3H3/b21-18-,30-28-. The van der Waals surface area contributed by atoms with Gasteiger partial charge in [0.25, 0.3) is 0 Å². The van der Waals surface area contributed by atoms with Gasteiger partial charge in [0.05, 0.1) is 0 Å². The zero-order chi connectivity index (χ0) is 45.8. The van der Waals surface area contributed by atoms with Crippen LogP contribution in [0.5, 0.6) is 0 Å². The van der Waals surface area contributed by atoms with Gasteiger partial charge in [-0.15, -0.1) is 0 Å². The lowest BCUT2D eigenvalue weighted by Gasteiger charge is -2.18. The maximum absolute atomic E-state index is 12.8. The number of unbranched alkanes of at least 4 members (excludes halogenated alkanes) is 36. The van der Waals surface area contributed by atoms with Gasteiger partial charge in [-0.1, -0.05) is 238 Å². The van der Waals surface area contributed by atoms with E-state index in [1.165, 1.54) is 193 Å². The SMILES string of the molecule is CCCCC/C=C\CCCCCCCC(=O)OCC(COC(=O)CCCCCCCCCCCCCCCCCCC)OC(=O)CCCCCCC/C=C\CCCCCCCCC. The fourth-order valence-electron chi connectivity index (χ4n) is 8.20. The van der Waals surface area contributed by atoms with Crippen molar-refractivity contribution in [1.29, 1.82) is 0 Å². The highest BCUT2D eigenvalue weighted by atomic mass is 16.6. The Kier molecular flexibility index (Phi) is 50.8. The molecule has 0 aromatic rings. The van der Waals surface area contributed by atoms with Gasteiger partial charge in [0.15, 0.2) is 6.10 Å². The van der Waals surface area contributed by atoms with Gasteiger partial charge in [-0.25, -0.2) is 0 Å². The summed E-state index contributed by atoms with van der Waals surface area (Å²) in [4.78, 5) is 38.0. The Bertz CT molecular complexity index is 1020. The topological polar surface area (TPSA) is 78.9 Å². The Hall–Kier alpha value is -2.11. The summed E-state index contributed by atoms with van der Waals surface area (Å²) in [5.74, 6) is -0.874. The molecule has 370 valence electrons. The Morgan fingerprint density at radius 2 is 0.524 bits per heavy atom. The first-order valence-corrected chi connectivity index (χ1v) is 27.8. The van der Waals surface area contributed by atoms with Gasteiger partial charge in [0.1, 0.15) is 13.2 Å². The highest BCUT2D eigenvalue weighted by Gasteiger charge is 2.19. The Labute approximate surface area is 392 Å². The molecule has 6 nitrogen and oxygen atoms in total. The van der Waals surface area contributed by atoms with Crippen molar-refractivity contribution in [2.45, 2.75) is 309 Å². The molecule has 1 unspecified atom stereocenters. The predicted octanol–water partition coefficient (Wildman–Crippen LogP) is 18.3. The number of ether oxygens (including phenoxy) is 3. The van der Waals surface area contributed by atoms with Gasteiger partial charge >= 0.3 is 17.9 Å². The molecular weight excluding hydrogens is 781 g/mol.